The molecule has 3 unspecified atom stereocenters. The Morgan fingerprint density at radius 1 is 1.11 bits per heavy atom. The van der Waals surface area contributed by atoms with Crippen molar-refractivity contribution in [1.29, 1.82) is 0 Å². The molecule has 1 aromatic rings. The molecular formula is C38H48FN5O10S. The van der Waals surface area contributed by atoms with Crippen LogP contribution >= 0.6 is 0 Å². The van der Waals surface area contributed by atoms with Crippen molar-refractivity contribution < 1.29 is 51.0 Å². The summed E-state index contributed by atoms with van der Waals surface area (Å²) in [5.41, 5.74) is -1.51. The molecule has 2 aliphatic carbocycles. The van der Waals surface area contributed by atoms with Gasteiger partial charge in [0, 0.05) is 37.5 Å². The van der Waals surface area contributed by atoms with Gasteiger partial charge in [0.1, 0.15) is 40.9 Å². The number of amides is 5. The highest BCUT2D eigenvalue weighted by molar-refractivity contribution is 7.93. The van der Waals surface area contributed by atoms with Gasteiger partial charge in [-0.2, -0.15) is 0 Å². The molecule has 5 atom stereocenters. The number of hydrogen-bond donors (Lipinski definition) is 2. The monoisotopic (exact) mass is 785 g/mol. The van der Waals surface area contributed by atoms with Crippen molar-refractivity contribution in [2.75, 3.05) is 25.4 Å². The van der Waals surface area contributed by atoms with Gasteiger partial charge in [0.05, 0.1) is 18.3 Å². The number of nitrogens with one attached hydrogen (secondary N) is 2. The van der Waals surface area contributed by atoms with E-state index in [-0.39, 0.29) is 58.4 Å². The molecule has 1 saturated heterocycles. The van der Waals surface area contributed by atoms with Crippen LogP contribution in [0.2, 0.25) is 0 Å². The van der Waals surface area contributed by atoms with Crippen molar-refractivity contribution in [3.63, 3.8) is 0 Å². The number of Topliss-reactive ketones (excluding diaryl/α,β-unsaturated/α-hetero) is 1. The zero-order chi connectivity index (χ0) is 39.9. The van der Waals surface area contributed by atoms with Gasteiger partial charge in [-0.25, -0.2) is 22.4 Å². The zero-order valence-electron chi connectivity index (χ0n) is 31.3. The lowest BCUT2D eigenvalue weighted by atomic mass is 10.1. The topological polar surface area (TPSA) is 189 Å². The SMILES string of the molecule is C=CC(=O)N1C/C=C\C2C[C@@]2(C(=O)CS(=O)(=O)C2CC2)NC(=O)C2CC(OC(=O)N3Cc4cccc(F)c4C3)CN2C(=O)[C@@H](NC(=O)OC(C)(C)C)CCC1. The predicted octanol–water partition coefficient (Wildman–Crippen LogP) is 2.53. The summed E-state index contributed by atoms with van der Waals surface area (Å²) in [6, 6.07) is 2.02. The Bertz CT molecular complexity index is 1910. The van der Waals surface area contributed by atoms with E-state index in [0.29, 0.717) is 24.0 Å². The summed E-state index contributed by atoms with van der Waals surface area (Å²) in [6.45, 7) is 8.61. The molecule has 15 nitrogen and oxygen atoms in total. The first-order chi connectivity index (χ1) is 25.9. The average Bonchev–Trinajstić information content (AvgIpc) is 3.99. The molecule has 0 bridgehead atoms. The minimum absolute atomic E-state index is 0.0275. The third-order valence-corrected chi connectivity index (χ3v) is 12.8. The molecule has 3 aliphatic heterocycles. The number of carbonyl (C=O) groups excluding carboxylic acids is 6. The van der Waals surface area contributed by atoms with Crippen LogP contribution in [0.25, 0.3) is 0 Å². The minimum Gasteiger partial charge on any atom is -0.444 e. The number of ether oxygens (including phenoxy) is 2. The van der Waals surface area contributed by atoms with Crippen LogP contribution in [0.15, 0.2) is 43.0 Å². The van der Waals surface area contributed by atoms with E-state index in [9.17, 15) is 41.6 Å². The largest absolute Gasteiger partial charge is 0.444 e. The fourth-order valence-corrected chi connectivity index (χ4v) is 9.20. The molecular weight excluding hydrogens is 738 g/mol. The van der Waals surface area contributed by atoms with E-state index in [1.165, 1.54) is 20.8 Å². The van der Waals surface area contributed by atoms with E-state index >= 15 is 0 Å². The first kappa shape index (κ1) is 39.9. The Kier molecular flexibility index (Phi) is 11.2. The molecule has 6 rings (SSSR count). The number of carbonyl (C=O) groups is 6. The normalized spacial score (nSPS) is 27.7. The number of hydrogen-bond acceptors (Lipinski definition) is 10. The Morgan fingerprint density at radius 3 is 2.53 bits per heavy atom. The summed E-state index contributed by atoms with van der Waals surface area (Å²) in [4.78, 5) is 85.8. The van der Waals surface area contributed by atoms with E-state index < -0.39 is 97.6 Å². The Balaban J connectivity index is 1.29. The molecule has 298 valence electrons. The molecule has 3 fully saturated rings. The smallest absolute Gasteiger partial charge is 0.410 e. The van der Waals surface area contributed by atoms with Gasteiger partial charge in [0.15, 0.2) is 15.6 Å². The Hall–Kier alpha value is -4.80. The number of fused-ring (bicyclic) bond motifs is 3. The maximum atomic E-state index is 14.5. The van der Waals surface area contributed by atoms with Gasteiger partial charge >= 0.3 is 12.2 Å². The average molecular weight is 786 g/mol. The standard InChI is InChI=1S/C38H48FN5O10S/c1-5-32(46)42-15-7-10-24-18-38(24,31(45)22-55(51,52)26-13-14-26)41-33(47)30-17-25(53-36(50)43-19-23-9-6-11-28(39)27(23)21-43)20-44(30)34(48)29(12-8-16-42)40-35(49)54-37(2,3)4/h5-7,9-11,24-26,29-30H,1,8,12-22H2,2-4H3,(H,40,49)(H,41,47)/b10-7-/t24?,25?,29-,30?,38+/m0/s1. The fraction of sp³-hybridized carbons (Fsp3) is 0.579. The highest BCUT2D eigenvalue weighted by Crippen LogP contribution is 2.47. The lowest BCUT2D eigenvalue weighted by Gasteiger charge is -2.30. The second-order valence-corrected chi connectivity index (χ2v) is 18.2. The summed E-state index contributed by atoms with van der Waals surface area (Å²) in [5, 5.41) is 4.79. The molecule has 0 radical (unpaired) electrons. The molecule has 2 N–H and O–H groups in total. The predicted molar refractivity (Wildman–Crippen MR) is 195 cm³/mol. The summed E-state index contributed by atoms with van der Waals surface area (Å²) in [7, 11) is -3.76. The lowest BCUT2D eigenvalue weighted by molar-refractivity contribution is -0.141. The van der Waals surface area contributed by atoms with Crippen molar-refractivity contribution in [1.82, 2.24) is 25.3 Å². The van der Waals surface area contributed by atoms with Crippen LogP contribution in [-0.4, -0.2) is 119 Å². The number of benzene rings is 1. The van der Waals surface area contributed by atoms with Gasteiger partial charge in [0.2, 0.25) is 17.7 Å². The van der Waals surface area contributed by atoms with Crippen LogP contribution in [0.1, 0.15) is 70.4 Å². The van der Waals surface area contributed by atoms with E-state index in [2.05, 4.69) is 17.2 Å². The number of nitrogens with zero attached hydrogens (tertiary/aromatic N) is 3. The third-order valence-electron chi connectivity index (χ3n) is 10.6. The molecule has 17 heteroatoms. The van der Waals surface area contributed by atoms with Crippen LogP contribution in [0.5, 0.6) is 0 Å². The van der Waals surface area contributed by atoms with E-state index in [1.54, 1.807) is 45.1 Å². The Morgan fingerprint density at radius 2 is 1.85 bits per heavy atom. The molecule has 3 heterocycles. The highest BCUT2D eigenvalue weighted by atomic mass is 32.2. The first-order valence-corrected chi connectivity index (χ1v) is 20.3. The maximum Gasteiger partial charge on any atom is 0.410 e. The second kappa shape index (κ2) is 15.4. The van der Waals surface area contributed by atoms with Gasteiger partial charge in [0.25, 0.3) is 0 Å². The van der Waals surface area contributed by atoms with Crippen molar-refractivity contribution >= 4 is 45.5 Å². The fourth-order valence-electron chi connectivity index (χ4n) is 7.48. The molecule has 5 amide bonds. The van der Waals surface area contributed by atoms with Crippen molar-refractivity contribution in [3.8, 4) is 0 Å². The van der Waals surface area contributed by atoms with Crippen LogP contribution in [0.4, 0.5) is 14.0 Å². The van der Waals surface area contributed by atoms with Crippen LogP contribution < -0.4 is 10.6 Å². The second-order valence-electron chi connectivity index (χ2n) is 15.9. The summed E-state index contributed by atoms with van der Waals surface area (Å²) in [6.07, 6.45) is 2.91. The molecule has 0 aromatic heterocycles. The van der Waals surface area contributed by atoms with Gasteiger partial charge in [-0.15, -0.1) is 0 Å². The number of alkyl carbamates (subject to hydrolysis) is 1. The van der Waals surface area contributed by atoms with E-state index in [4.69, 9.17) is 9.47 Å². The van der Waals surface area contributed by atoms with Crippen LogP contribution in [-0.2, 0) is 51.6 Å². The highest BCUT2D eigenvalue weighted by Gasteiger charge is 2.61. The van der Waals surface area contributed by atoms with Crippen molar-refractivity contribution in [3.05, 3.63) is 60.0 Å². The molecule has 2 saturated carbocycles. The number of sulfone groups is 1. The summed E-state index contributed by atoms with van der Waals surface area (Å²) < 4.78 is 51.6. The van der Waals surface area contributed by atoms with Gasteiger partial charge in [-0.1, -0.05) is 30.9 Å². The number of rotatable bonds is 7. The maximum absolute atomic E-state index is 14.5. The lowest BCUT2D eigenvalue weighted by Crippen LogP contribution is -2.57. The summed E-state index contributed by atoms with van der Waals surface area (Å²) in [5.74, 6) is -4.35. The van der Waals surface area contributed by atoms with Crippen molar-refractivity contribution in [2.45, 2.75) is 107 Å². The van der Waals surface area contributed by atoms with Gasteiger partial charge < -0.3 is 29.9 Å². The Labute approximate surface area is 319 Å². The minimum atomic E-state index is -3.76. The first-order valence-electron chi connectivity index (χ1n) is 18.6. The molecule has 1 aromatic carbocycles. The summed E-state index contributed by atoms with van der Waals surface area (Å²) >= 11 is 0. The van der Waals surface area contributed by atoms with E-state index in [1.807, 2.05) is 0 Å². The van der Waals surface area contributed by atoms with E-state index in [0.717, 1.165) is 6.08 Å². The third kappa shape index (κ3) is 9.03. The van der Waals surface area contributed by atoms with Gasteiger partial charge in [-0.05, 0) is 70.6 Å². The molecule has 0 spiro atoms. The molecule has 55 heavy (non-hydrogen) atoms. The van der Waals surface area contributed by atoms with Crippen LogP contribution in [0, 0.1) is 11.7 Å². The van der Waals surface area contributed by atoms with Crippen LogP contribution in [0.3, 0.4) is 0 Å². The van der Waals surface area contributed by atoms with Gasteiger partial charge in [-0.3, -0.25) is 24.1 Å². The number of ketones is 1. The zero-order valence-corrected chi connectivity index (χ0v) is 32.1. The number of halogens is 1. The molecule has 5 aliphatic rings. The van der Waals surface area contributed by atoms with Crippen molar-refractivity contribution in [2.24, 2.45) is 5.92 Å². The quantitative estimate of drug-likeness (QED) is 0.307.